The highest BCUT2D eigenvalue weighted by Gasteiger charge is 2.30. The summed E-state index contributed by atoms with van der Waals surface area (Å²) in [5, 5.41) is 9.74. The zero-order valence-corrected chi connectivity index (χ0v) is 40.9. The van der Waals surface area contributed by atoms with E-state index in [1.807, 2.05) is 35.1 Å². The van der Waals surface area contributed by atoms with Crippen LogP contribution in [0.3, 0.4) is 0 Å². The Bertz CT molecular complexity index is 1800. The van der Waals surface area contributed by atoms with Crippen LogP contribution in [-0.2, 0) is 19.2 Å². The maximum absolute atomic E-state index is 13.0. The number of aromatic nitrogens is 2. The van der Waals surface area contributed by atoms with Crippen molar-refractivity contribution in [2.24, 2.45) is 0 Å². The molecule has 0 spiro atoms. The van der Waals surface area contributed by atoms with Crippen LogP contribution in [0.15, 0.2) is 91.2 Å². The number of rotatable bonds is 11. The summed E-state index contributed by atoms with van der Waals surface area (Å²) in [7, 11) is 6.75. The number of carbonyl (C=O) groups excluding carboxylic acids is 4. The zero-order chi connectivity index (χ0) is 40.8. The lowest BCUT2D eigenvalue weighted by Crippen LogP contribution is -2.12. The quantitative estimate of drug-likeness (QED) is 0.207. The molecule has 2 aromatic heterocycles. The first-order valence-corrected chi connectivity index (χ1v) is 27.2. The molecule has 0 bridgehead atoms. The second-order valence-electron chi connectivity index (χ2n) is 10.8. The van der Waals surface area contributed by atoms with E-state index in [-0.39, 0.29) is 11.8 Å². The van der Waals surface area contributed by atoms with Crippen molar-refractivity contribution in [3.63, 3.8) is 0 Å². The van der Waals surface area contributed by atoms with Gasteiger partial charge in [-0.05, 0) is 60.1 Å². The van der Waals surface area contributed by atoms with E-state index in [0.717, 1.165) is 21.3 Å². The van der Waals surface area contributed by atoms with Gasteiger partial charge in [0.15, 0.2) is 0 Å². The standard InChI is InChI=1S/C28H22N4O2S12.2C3H7NO/c1-35-21-22(36-2)44-27(43-21)25-39-11-17(41-25)19(33)31-13-5-7-15(29-9-13)16-8-6-14(10-30-16)32-20(34)18-12-40-26(42-18)28-45-23(37-3)24(38-4)46-28;2*1-4(2)3-5/h5-12H,1-4H3,(H,31,33)(H,32,34);2*3H,1-2H3. The van der Waals surface area contributed by atoms with Crippen LogP contribution in [0, 0.1) is 0 Å². The monoisotopic (exact) mass is 976 g/mol. The number of amides is 4. The fourth-order valence-electron chi connectivity index (χ4n) is 3.73. The third-order valence-electron chi connectivity index (χ3n) is 6.28. The molecule has 0 saturated carbocycles. The molecule has 6 rings (SSSR count). The topological polar surface area (TPSA) is 125 Å². The Morgan fingerprint density at radius 2 is 0.875 bits per heavy atom. The zero-order valence-electron chi connectivity index (χ0n) is 31.1. The molecule has 4 amide bonds. The average Bonchev–Trinajstić information content (AvgIpc) is 4.04. The molecule has 22 heteroatoms. The number of pyridine rings is 2. The van der Waals surface area contributed by atoms with E-state index in [9.17, 15) is 19.2 Å². The minimum atomic E-state index is -0.152. The van der Waals surface area contributed by atoms with E-state index < -0.39 is 0 Å². The first-order chi connectivity index (χ1) is 26.9. The lowest BCUT2D eigenvalue weighted by atomic mass is 10.2. The smallest absolute Gasteiger partial charge is 0.263 e. The third kappa shape index (κ3) is 14.0. The number of hydrogen-bond acceptors (Lipinski definition) is 18. The van der Waals surface area contributed by atoms with E-state index >= 15 is 0 Å². The van der Waals surface area contributed by atoms with E-state index in [2.05, 4.69) is 45.6 Å². The van der Waals surface area contributed by atoms with Gasteiger partial charge in [0.1, 0.15) is 0 Å². The third-order valence-corrected chi connectivity index (χ3v) is 22.5. The molecule has 0 aromatic carbocycles. The fourth-order valence-corrected chi connectivity index (χ4v) is 18.7. The van der Waals surface area contributed by atoms with E-state index in [4.69, 9.17) is 0 Å². The van der Waals surface area contributed by atoms with Gasteiger partial charge >= 0.3 is 0 Å². The number of carbonyl (C=O) groups is 4. The first-order valence-electron chi connectivity index (χ1n) is 15.7. The Morgan fingerprint density at radius 1 is 0.554 bits per heavy atom. The molecule has 298 valence electrons. The minimum absolute atomic E-state index is 0.152. The molecule has 2 N–H and O–H groups in total. The predicted molar refractivity (Wildman–Crippen MR) is 263 cm³/mol. The molecule has 56 heavy (non-hydrogen) atoms. The number of anilines is 2. The lowest BCUT2D eigenvalue weighted by Gasteiger charge is -2.08. The van der Waals surface area contributed by atoms with Gasteiger partial charge in [-0.2, -0.15) is 0 Å². The van der Waals surface area contributed by atoms with Crippen molar-refractivity contribution >= 4 is 177 Å². The van der Waals surface area contributed by atoms with Crippen LogP contribution in [0.5, 0.6) is 0 Å². The van der Waals surface area contributed by atoms with Gasteiger partial charge < -0.3 is 20.4 Å². The number of thioether (sulfide) groups is 12. The summed E-state index contributed by atoms with van der Waals surface area (Å²) in [6.45, 7) is 0. The molecule has 4 aliphatic heterocycles. The molecule has 0 atom stereocenters. The van der Waals surface area contributed by atoms with Crippen molar-refractivity contribution in [1.82, 2.24) is 19.8 Å². The van der Waals surface area contributed by atoms with Crippen molar-refractivity contribution in [2.45, 2.75) is 0 Å². The Balaban J connectivity index is 0.000000620. The SMILES string of the molecule is CN(C)C=O.CN(C)C=O.CSC1=C(SC)SC(=C2SC=C(C(=O)Nc3ccc(-c4ccc(NC(=O)C5=CSC(=C6SC(SC)=C(SC)S6)S5)cn4)nc3)S2)S1. The molecule has 0 radical (unpaired) electrons. The van der Waals surface area contributed by atoms with Crippen LogP contribution in [0.1, 0.15) is 0 Å². The summed E-state index contributed by atoms with van der Waals surface area (Å²) in [6, 6.07) is 7.29. The summed E-state index contributed by atoms with van der Waals surface area (Å²) in [5.41, 5.74) is 2.56. The van der Waals surface area contributed by atoms with Gasteiger partial charge in [-0.25, -0.2) is 0 Å². The van der Waals surface area contributed by atoms with Crippen LogP contribution >= 0.6 is 141 Å². The minimum Gasteiger partial charge on any atom is -0.351 e. The molecule has 0 saturated heterocycles. The Kier molecular flexibility index (Phi) is 20.5. The van der Waals surface area contributed by atoms with Crippen molar-refractivity contribution in [3.05, 3.63) is 91.2 Å². The van der Waals surface area contributed by atoms with Crippen LogP contribution in [-0.4, -0.2) is 97.6 Å². The summed E-state index contributed by atoms with van der Waals surface area (Å²) in [6.07, 6.45) is 13.2. The molecule has 0 aliphatic carbocycles. The van der Waals surface area contributed by atoms with Gasteiger partial charge in [-0.3, -0.25) is 29.1 Å². The second-order valence-corrected chi connectivity index (χ2v) is 24.1. The Labute approximate surface area is 378 Å². The highest BCUT2D eigenvalue weighted by Crippen LogP contribution is 2.63. The lowest BCUT2D eigenvalue weighted by molar-refractivity contribution is -0.116. The molecule has 0 unspecified atom stereocenters. The first kappa shape index (κ1) is 47.5. The van der Waals surface area contributed by atoms with Crippen LogP contribution in [0.25, 0.3) is 11.4 Å². The number of hydrogen-bond donors (Lipinski definition) is 2. The van der Waals surface area contributed by atoms with Crippen molar-refractivity contribution in [2.75, 3.05) is 63.8 Å². The number of nitrogens with zero attached hydrogens (tertiary/aromatic N) is 4. The highest BCUT2D eigenvalue weighted by atomic mass is 32.3. The van der Waals surface area contributed by atoms with Crippen LogP contribution in [0.4, 0.5) is 11.4 Å². The maximum Gasteiger partial charge on any atom is 0.263 e. The van der Waals surface area contributed by atoms with E-state index in [1.165, 1.54) is 58.7 Å². The molecular weight excluding hydrogens is 941 g/mol. The maximum atomic E-state index is 13.0. The van der Waals surface area contributed by atoms with Gasteiger partial charge in [0, 0.05) is 28.2 Å². The molecule has 6 heterocycles. The van der Waals surface area contributed by atoms with Gasteiger partial charge in [0.2, 0.25) is 12.8 Å². The van der Waals surface area contributed by atoms with Gasteiger partial charge in [-0.15, -0.1) is 47.0 Å². The molecule has 4 aliphatic rings. The van der Waals surface area contributed by atoms with Crippen LogP contribution < -0.4 is 10.6 Å². The van der Waals surface area contributed by atoms with Crippen molar-refractivity contribution in [3.8, 4) is 11.4 Å². The van der Waals surface area contributed by atoms with E-state index in [1.54, 1.807) is 158 Å². The summed E-state index contributed by atoms with van der Waals surface area (Å²) < 4.78 is 10.0. The average molecular weight is 978 g/mol. The largest absolute Gasteiger partial charge is 0.351 e. The summed E-state index contributed by atoms with van der Waals surface area (Å²) >= 11 is 20.4. The molecular formula is C34H36N6O4S12. The summed E-state index contributed by atoms with van der Waals surface area (Å²) in [5.74, 6) is -0.304. The summed E-state index contributed by atoms with van der Waals surface area (Å²) in [4.78, 5) is 58.0. The van der Waals surface area contributed by atoms with Crippen molar-refractivity contribution < 1.29 is 19.2 Å². The molecule has 10 nitrogen and oxygen atoms in total. The fraction of sp³-hybridized carbons (Fsp3) is 0.235. The van der Waals surface area contributed by atoms with Gasteiger partial charge in [0.25, 0.3) is 11.8 Å². The highest BCUT2D eigenvalue weighted by molar-refractivity contribution is 8.43. The second kappa shape index (κ2) is 24.2. The predicted octanol–water partition coefficient (Wildman–Crippen LogP) is 11.0. The number of nitrogens with one attached hydrogen (secondary N) is 2. The van der Waals surface area contributed by atoms with E-state index in [0.29, 0.717) is 32.6 Å². The van der Waals surface area contributed by atoms with Gasteiger partial charge in [-0.1, -0.05) is 94.1 Å². The molecule has 0 fully saturated rings. The molecule has 2 aromatic rings. The van der Waals surface area contributed by atoms with Crippen LogP contribution in [0.2, 0.25) is 0 Å². The van der Waals surface area contributed by atoms with Crippen molar-refractivity contribution in [1.29, 1.82) is 0 Å². The Hall–Kier alpha value is -1.18. The Morgan fingerprint density at radius 3 is 1.12 bits per heavy atom. The van der Waals surface area contributed by atoms with Gasteiger partial charge in [0.05, 0.1) is 78.9 Å². The normalized spacial score (nSPS) is 16.1.